The van der Waals surface area contributed by atoms with Gasteiger partial charge in [0.2, 0.25) is 0 Å². The predicted octanol–water partition coefficient (Wildman–Crippen LogP) is 11.2. The first-order valence-corrected chi connectivity index (χ1v) is 42.9. The van der Waals surface area contributed by atoms with E-state index < -0.39 is 0 Å². The summed E-state index contributed by atoms with van der Waals surface area (Å²) in [5.74, 6) is 6.27. The van der Waals surface area contributed by atoms with E-state index in [1.165, 1.54) is 44.5 Å². The lowest BCUT2D eigenvalue weighted by Crippen LogP contribution is -2.19. The standard InChI is InChI=1S/C31H48O10.C27H40O8.C21H28O5.C19H24O4/c1-31(2,27-3-7-29(8-4-27)40-25-23-38-21-19-36-17-15-34-13-11-32)28-5-9-30(10-6-28)41-26-24-39-22-20-37-18-16-35-14-12-33;1-27(2,23-3-7-25(8-4-23)34-21-19-32-17-15-30-13-11-28)24-5-9-26(10-6-24)35-22-20-33-18-16-31-14-12-29;1-21(2,17-3-7-19(8-4-17)25-14-12-23)18-5-9-20(10-6-18)26-16-15-24-13-11-22;1-19(2,15-3-7-17(8-4-15)22-13-11-20)16-5-9-18(10-6-16)23-14-12-21/h3-10,32-33H,11-26H2,1-2H3;3-10,28-29H,11-22H2,1-2H3;3-10,22-23H,11-16H2,1-2H3;3-10,20-21H,11-14H2,1-2H3. The largest absolute Gasteiger partial charge is 0.491 e. The molecule has 0 atom stereocenters. The molecular formula is C98H140O27. The van der Waals surface area contributed by atoms with Crippen LogP contribution in [0.2, 0.25) is 0 Å². The molecule has 0 fully saturated rings. The third-order valence-electron chi connectivity index (χ3n) is 19.6. The van der Waals surface area contributed by atoms with E-state index in [0.717, 1.165) is 46.0 Å². The number of hydrogen-bond acceptors (Lipinski definition) is 27. The second kappa shape index (κ2) is 65.0. The van der Waals surface area contributed by atoms with Gasteiger partial charge in [-0.1, -0.05) is 152 Å². The maximum absolute atomic E-state index is 8.82. The van der Waals surface area contributed by atoms with Crippen molar-refractivity contribution in [2.45, 2.75) is 77.0 Å². The van der Waals surface area contributed by atoms with Gasteiger partial charge in [-0.2, -0.15) is 0 Å². The fourth-order valence-corrected chi connectivity index (χ4v) is 12.1. The normalized spacial score (nSPS) is 11.5. The number of aliphatic hydroxyl groups is 8. The van der Waals surface area contributed by atoms with Crippen molar-refractivity contribution in [3.8, 4) is 46.0 Å². The maximum Gasteiger partial charge on any atom is 0.119 e. The Bertz CT molecular complexity index is 3700. The molecule has 0 aromatic heterocycles. The van der Waals surface area contributed by atoms with Crippen LogP contribution >= 0.6 is 0 Å². The summed E-state index contributed by atoms with van der Waals surface area (Å²) in [5.41, 5.74) is 8.81. The van der Waals surface area contributed by atoms with E-state index >= 15 is 0 Å². The van der Waals surface area contributed by atoms with Gasteiger partial charge >= 0.3 is 0 Å². The number of benzene rings is 8. The first kappa shape index (κ1) is 107. The molecular weight excluding hydrogens is 1610 g/mol. The van der Waals surface area contributed by atoms with Crippen LogP contribution in [0.1, 0.15) is 99.9 Å². The minimum absolute atomic E-state index is 0.00915. The highest BCUT2D eigenvalue weighted by Crippen LogP contribution is 2.38. The zero-order chi connectivity index (χ0) is 90.2. The zero-order valence-electron chi connectivity index (χ0n) is 74.7. The van der Waals surface area contributed by atoms with Gasteiger partial charge in [-0.15, -0.1) is 0 Å². The fourth-order valence-electron chi connectivity index (χ4n) is 12.1. The molecule has 125 heavy (non-hydrogen) atoms. The van der Waals surface area contributed by atoms with Gasteiger partial charge in [-0.3, -0.25) is 0 Å². The molecule has 0 aliphatic carbocycles. The third-order valence-corrected chi connectivity index (χ3v) is 19.6. The number of hydrogen-bond donors (Lipinski definition) is 8. The topological polar surface area (TPSA) is 337 Å². The lowest BCUT2D eigenvalue weighted by Gasteiger charge is -2.26. The Morgan fingerprint density at radius 1 is 0.136 bits per heavy atom. The first-order valence-electron chi connectivity index (χ1n) is 42.9. The van der Waals surface area contributed by atoms with Gasteiger partial charge in [0.05, 0.1) is 198 Å². The molecule has 8 rings (SSSR count). The quantitative estimate of drug-likeness (QED) is 0.0164. The molecule has 0 unspecified atom stereocenters. The average Bonchev–Trinajstić information content (AvgIpc) is 0.820. The zero-order valence-corrected chi connectivity index (χ0v) is 74.7. The Morgan fingerprint density at radius 2 is 0.232 bits per heavy atom. The summed E-state index contributed by atoms with van der Waals surface area (Å²) in [6, 6.07) is 64.5. The average molecular weight is 1750 g/mol. The molecule has 0 aliphatic heterocycles. The van der Waals surface area contributed by atoms with Gasteiger partial charge in [0.1, 0.15) is 98.9 Å². The van der Waals surface area contributed by atoms with Crippen molar-refractivity contribution in [2.75, 3.05) is 251 Å². The highest BCUT2D eigenvalue weighted by molar-refractivity contribution is 5.46. The molecule has 0 saturated carbocycles. The monoisotopic (exact) mass is 1750 g/mol. The molecule has 0 saturated heterocycles. The van der Waals surface area contributed by atoms with Crippen LogP contribution < -0.4 is 37.9 Å². The lowest BCUT2D eigenvalue weighted by molar-refractivity contribution is 0.00361. The van der Waals surface area contributed by atoms with Crippen molar-refractivity contribution in [3.63, 3.8) is 0 Å². The molecule has 8 aromatic carbocycles. The van der Waals surface area contributed by atoms with E-state index in [2.05, 4.69) is 128 Å². The van der Waals surface area contributed by atoms with Crippen molar-refractivity contribution >= 4 is 0 Å². The molecule has 0 spiro atoms. The summed E-state index contributed by atoms with van der Waals surface area (Å²) in [7, 11) is 0. The Balaban J connectivity index is 0.000000303. The van der Waals surface area contributed by atoms with Crippen molar-refractivity contribution in [2.24, 2.45) is 0 Å². The van der Waals surface area contributed by atoms with Crippen LogP contribution in [0.3, 0.4) is 0 Å². The van der Waals surface area contributed by atoms with E-state index in [4.69, 9.17) is 131 Å². The summed E-state index contributed by atoms with van der Waals surface area (Å²) in [5, 5.41) is 69.6. The molecule has 8 aromatic rings. The fraction of sp³-hybridized carbons (Fsp3) is 0.510. The van der Waals surface area contributed by atoms with Crippen LogP contribution in [-0.2, 0) is 73.8 Å². The van der Waals surface area contributed by atoms with Crippen LogP contribution in [-0.4, -0.2) is 292 Å². The van der Waals surface area contributed by atoms with Gasteiger partial charge in [-0.05, 0) is 142 Å². The van der Waals surface area contributed by atoms with Gasteiger partial charge in [0.25, 0.3) is 0 Å². The Labute approximate surface area is 740 Å². The minimum atomic E-state index is -0.185. The van der Waals surface area contributed by atoms with E-state index in [0.29, 0.717) is 198 Å². The summed E-state index contributed by atoms with van der Waals surface area (Å²) >= 11 is 0. The highest BCUT2D eigenvalue weighted by Gasteiger charge is 2.27. The van der Waals surface area contributed by atoms with Crippen LogP contribution in [0.15, 0.2) is 194 Å². The smallest absolute Gasteiger partial charge is 0.119 e. The van der Waals surface area contributed by atoms with Crippen molar-refractivity contribution in [1.82, 2.24) is 0 Å². The summed E-state index contributed by atoms with van der Waals surface area (Å²) in [6.07, 6.45) is 0. The lowest BCUT2D eigenvalue weighted by atomic mass is 9.78. The Morgan fingerprint density at radius 3 is 0.344 bits per heavy atom. The second-order valence-corrected chi connectivity index (χ2v) is 30.0. The highest BCUT2D eigenvalue weighted by atomic mass is 16.6. The minimum Gasteiger partial charge on any atom is -0.491 e. The Hall–Kier alpha value is -8.60. The van der Waals surface area contributed by atoms with Crippen LogP contribution in [0, 0.1) is 0 Å². The number of rotatable bonds is 65. The maximum atomic E-state index is 8.82. The van der Waals surface area contributed by atoms with E-state index in [1.54, 1.807) is 0 Å². The van der Waals surface area contributed by atoms with E-state index in [9.17, 15) is 0 Å². The SMILES string of the molecule is CC(C)(c1ccc(OCCO)cc1)c1ccc(OCCO)cc1.CC(C)(c1ccc(OCCO)cc1)c1ccc(OCCOCCO)cc1.CC(C)(c1ccc(OCCOCCOCCO)cc1)c1ccc(OCCOCCOCCO)cc1.CC(C)(c1ccc(OCCOCCOCCOCCO)cc1)c1ccc(OCCOCCOCCOCCO)cc1. The molecule has 8 N–H and O–H groups in total. The molecule has 27 nitrogen and oxygen atoms in total. The molecule has 0 radical (unpaired) electrons. The summed E-state index contributed by atoms with van der Waals surface area (Å²) in [4.78, 5) is 0. The van der Waals surface area contributed by atoms with Crippen molar-refractivity contribution < 1.29 is 131 Å². The van der Waals surface area contributed by atoms with Crippen LogP contribution in [0.5, 0.6) is 46.0 Å². The first-order chi connectivity index (χ1) is 60.8. The van der Waals surface area contributed by atoms with E-state index in [1.807, 2.05) is 121 Å². The summed E-state index contributed by atoms with van der Waals surface area (Å²) in [6.45, 7) is 30.7. The van der Waals surface area contributed by atoms with Crippen molar-refractivity contribution in [1.29, 1.82) is 0 Å². The summed E-state index contributed by atoms with van der Waals surface area (Å²) < 4.78 is 103. The van der Waals surface area contributed by atoms with Gasteiger partial charge in [-0.25, -0.2) is 0 Å². The predicted molar refractivity (Wildman–Crippen MR) is 480 cm³/mol. The molecule has 0 aliphatic rings. The number of ether oxygens (including phenoxy) is 19. The number of aliphatic hydroxyl groups excluding tert-OH is 8. The van der Waals surface area contributed by atoms with Gasteiger partial charge in [0.15, 0.2) is 0 Å². The van der Waals surface area contributed by atoms with Gasteiger partial charge < -0.3 is 131 Å². The van der Waals surface area contributed by atoms with E-state index in [-0.39, 0.29) is 74.5 Å². The molecule has 27 heteroatoms. The molecule has 694 valence electrons. The third kappa shape index (κ3) is 43.6. The second-order valence-electron chi connectivity index (χ2n) is 30.0. The molecule has 0 heterocycles. The van der Waals surface area contributed by atoms with Crippen LogP contribution in [0.4, 0.5) is 0 Å². The van der Waals surface area contributed by atoms with Gasteiger partial charge in [0, 0.05) is 21.7 Å². The van der Waals surface area contributed by atoms with Crippen molar-refractivity contribution in [3.05, 3.63) is 239 Å². The van der Waals surface area contributed by atoms with Crippen LogP contribution in [0.25, 0.3) is 0 Å². The molecule has 0 amide bonds. The Kier molecular flexibility index (Phi) is 55.6. The molecule has 0 bridgehead atoms.